The number of fused-ring (bicyclic) bond motifs is 1. The molecule has 3 rings (SSSR count). The summed E-state index contributed by atoms with van der Waals surface area (Å²) >= 11 is 13.1. The van der Waals surface area contributed by atoms with E-state index in [4.69, 9.17) is 32.7 Å². The molecule has 0 saturated heterocycles. The minimum atomic E-state index is -0.610. The molecule has 2 aromatic heterocycles. The first kappa shape index (κ1) is 22.9. The van der Waals surface area contributed by atoms with E-state index in [0.717, 1.165) is 11.3 Å². The number of nitro benzene ring substituents is 1. The normalized spacial score (nSPS) is 11.7. The first-order chi connectivity index (χ1) is 14.7. The maximum absolute atomic E-state index is 12.6. The van der Waals surface area contributed by atoms with Crippen LogP contribution in [0.25, 0.3) is 21.3 Å². The molecule has 0 fully saturated rings. The van der Waals surface area contributed by atoms with E-state index in [2.05, 4.69) is 9.97 Å². The van der Waals surface area contributed by atoms with E-state index in [1.807, 2.05) is 0 Å². The number of esters is 1. The fourth-order valence-electron chi connectivity index (χ4n) is 2.71. The first-order valence-corrected chi connectivity index (χ1v) is 10.3. The number of halogens is 2. The van der Waals surface area contributed by atoms with Crippen LogP contribution in [-0.2, 0) is 9.47 Å². The van der Waals surface area contributed by atoms with Gasteiger partial charge in [0, 0.05) is 13.2 Å². The summed E-state index contributed by atoms with van der Waals surface area (Å²) in [4.78, 5) is 42.8. The van der Waals surface area contributed by atoms with Gasteiger partial charge in [-0.15, -0.1) is 11.3 Å². The Morgan fingerprint density at radius 3 is 2.81 bits per heavy atom. The van der Waals surface area contributed by atoms with Crippen molar-refractivity contribution in [1.82, 2.24) is 9.97 Å². The van der Waals surface area contributed by atoms with Gasteiger partial charge in [-0.3, -0.25) is 14.9 Å². The van der Waals surface area contributed by atoms with E-state index in [1.54, 1.807) is 6.92 Å². The number of hydrogen-bond acceptors (Lipinski definition) is 8. The molecule has 12 heteroatoms. The minimum absolute atomic E-state index is 0.00907. The third-order valence-corrected chi connectivity index (χ3v) is 5.97. The lowest BCUT2D eigenvalue weighted by Gasteiger charge is -2.02. The van der Waals surface area contributed by atoms with Crippen molar-refractivity contribution in [2.24, 2.45) is 0 Å². The predicted octanol–water partition coefficient (Wildman–Crippen LogP) is 4.39. The Morgan fingerprint density at radius 2 is 2.13 bits per heavy atom. The van der Waals surface area contributed by atoms with E-state index >= 15 is 0 Å². The van der Waals surface area contributed by atoms with E-state index in [9.17, 15) is 19.7 Å². The van der Waals surface area contributed by atoms with Crippen LogP contribution in [0.3, 0.4) is 0 Å². The molecule has 31 heavy (non-hydrogen) atoms. The lowest BCUT2D eigenvalue weighted by Crippen LogP contribution is -2.11. The molecule has 9 nitrogen and oxygen atoms in total. The Hall–Kier alpha value is -2.79. The minimum Gasteiger partial charge on any atom is -0.459 e. The number of rotatable bonds is 7. The molecule has 162 valence electrons. The number of hydrogen-bond donors (Lipinski definition) is 1. The number of nitro groups is 1. The summed E-state index contributed by atoms with van der Waals surface area (Å²) in [6.07, 6.45) is 1.41. The Labute approximate surface area is 189 Å². The van der Waals surface area contributed by atoms with Crippen molar-refractivity contribution in [2.45, 2.75) is 6.92 Å². The summed E-state index contributed by atoms with van der Waals surface area (Å²) < 4.78 is 9.97. The molecule has 1 N–H and O–H groups in total. The molecule has 0 atom stereocenters. The molecule has 0 aliphatic carbocycles. The van der Waals surface area contributed by atoms with Gasteiger partial charge in [-0.25, -0.2) is 9.78 Å². The Balaban J connectivity index is 1.99. The SMILES string of the molecule is COCCOC(=O)c1sc2nc(/C(Cl)=C/c3ccc(Cl)c([N+](=O)[O-])c3)[nH]c(=O)c2c1C. The maximum atomic E-state index is 12.6. The average Bonchev–Trinajstić information content (AvgIpc) is 3.06. The van der Waals surface area contributed by atoms with Crippen LogP contribution in [-0.4, -0.2) is 41.2 Å². The van der Waals surface area contributed by atoms with Gasteiger partial charge in [0.2, 0.25) is 0 Å². The van der Waals surface area contributed by atoms with E-state index in [1.165, 1.54) is 31.4 Å². The van der Waals surface area contributed by atoms with Crippen molar-refractivity contribution in [3.05, 3.63) is 65.5 Å². The molecule has 0 unspecified atom stereocenters. The number of methoxy groups -OCH3 is 1. The first-order valence-electron chi connectivity index (χ1n) is 8.74. The van der Waals surface area contributed by atoms with Crippen molar-refractivity contribution in [3.63, 3.8) is 0 Å². The predicted molar refractivity (Wildman–Crippen MR) is 119 cm³/mol. The smallest absolute Gasteiger partial charge is 0.348 e. The number of aromatic amines is 1. The van der Waals surface area contributed by atoms with Gasteiger partial charge in [0.15, 0.2) is 5.82 Å². The molecule has 0 aliphatic heterocycles. The van der Waals surface area contributed by atoms with Crippen LogP contribution in [0.4, 0.5) is 5.69 Å². The van der Waals surface area contributed by atoms with Crippen molar-refractivity contribution in [2.75, 3.05) is 20.3 Å². The van der Waals surface area contributed by atoms with Crippen LogP contribution in [0, 0.1) is 17.0 Å². The molecule has 0 spiro atoms. The number of nitrogens with one attached hydrogen (secondary N) is 1. The summed E-state index contributed by atoms with van der Waals surface area (Å²) in [7, 11) is 1.49. The fourth-order valence-corrected chi connectivity index (χ4v) is 4.19. The second-order valence-electron chi connectivity index (χ2n) is 6.24. The summed E-state index contributed by atoms with van der Waals surface area (Å²) in [6, 6.07) is 4.17. The highest BCUT2D eigenvalue weighted by Crippen LogP contribution is 2.30. The van der Waals surface area contributed by atoms with Gasteiger partial charge in [-0.1, -0.05) is 29.3 Å². The van der Waals surface area contributed by atoms with Gasteiger partial charge in [0.05, 0.1) is 21.9 Å². The number of benzene rings is 1. The highest BCUT2D eigenvalue weighted by Gasteiger charge is 2.21. The number of carbonyl (C=O) groups excluding carboxylic acids is 1. The van der Waals surface area contributed by atoms with Crippen LogP contribution >= 0.6 is 34.5 Å². The van der Waals surface area contributed by atoms with Gasteiger partial charge in [0.25, 0.3) is 11.2 Å². The Morgan fingerprint density at radius 1 is 1.39 bits per heavy atom. The lowest BCUT2D eigenvalue weighted by atomic mass is 10.2. The van der Waals surface area contributed by atoms with Gasteiger partial charge in [-0.05, 0) is 30.2 Å². The summed E-state index contributed by atoms with van der Waals surface area (Å²) in [6.45, 7) is 1.97. The second-order valence-corrected chi connectivity index (χ2v) is 8.05. The number of H-pyrrole nitrogens is 1. The number of aryl methyl sites for hydroxylation is 1. The third-order valence-electron chi connectivity index (χ3n) is 4.19. The van der Waals surface area contributed by atoms with Crippen molar-refractivity contribution in [3.8, 4) is 0 Å². The van der Waals surface area contributed by atoms with Gasteiger partial charge < -0.3 is 14.5 Å². The highest BCUT2D eigenvalue weighted by atomic mass is 35.5. The van der Waals surface area contributed by atoms with E-state index in [0.29, 0.717) is 16.0 Å². The average molecular weight is 484 g/mol. The zero-order chi connectivity index (χ0) is 22.7. The Bertz CT molecular complexity index is 1270. The lowest BCUT2D eigenvalue weighted by molar-refractivity contribution is -0.384. The van der Waals surface area contributed by atoms with Crippen LogP contribution in [0.1, 0.15) is 26.6 Å². The van der Waals surface area contributed by atoms with Crippen LogP contribution in [0.15, 0.2) is 23.0 Å². The molecule has 1 aromatic carbocycles. The molecule has 2 heterocycles. The molecule has 0 radical (unpaired) electrons. The van der Waals surface area contributed by atoms with Gasteiger partial charge in [0.1, 0.15) is 21.3 Å². The quantitative estimate of drug-likeness (QED) is 0.228. The largest absolute Gasteiger partial charge is 0.459 e. The van der Waals surface area contributed by atoms with E-state index in [-0.39, 0.29) is 45.0 Å². The van der Waals surface area contributed by atoms with Crippen LogP contribution < -0.4 is 5.56 Å². The summed E-state index contributed by atoms with van der Waals surface area (Å²) in [5.41, 5.74) is 0.102. The zero-order valence-electron chi connectivity index (χ0n) is 16.2. The molecule has 0 aliphatic rings. The van der Waals surface area contributed by atoms with Gasteiger partial charge >= 0.3 is 5.97 Å². The number of aromatic nitrogens is 2. The molecule has 0 amide bonds. The number of carbonyl (C=O) groups is 1. The number of ether oxygens (including phenoxy) is 2. The van der Waals surface area contributed by atoms with E-state index < -0.39 is 16.5 Å². The molecular formula is C19H15Cl2N3O6S. The maximum Gasteiger partial charge on any atom is 0.348 e. The fraction of sp³-hybridized carbons (Fsp3) is 0.211. The van der Waals surface area contributed by atoms with Crippen molar-refractivity contribution in [1.29, 1.82) is 0 Å². The zero-order valence-corrected chi connectivity index (χ0v) is 18.6. The highest BCUT2D eigenvalue weighted by molar-refractivity contribution is 7.20. The Kier molecular flexibility index (Phi) is 7.06. The third kappa shape index (κ3) is 4.93. The topological polar surface area (TPSA) is 124 Å². The van der Waals surface area contributed by atoms with Crippen LogP contribution in [0.5, 0.6) is 0 Å². The molecule has 0 saturated carbocycles. The molecule has 3 aromatic rings. The van der Waals surface area contributed by atoms with Gasteiger partial charge in [-0.2, -0.15) is 0 Å². The monoisotopic (exact) mass is 483 g/mol. The van der Waals surface area contributed by atoms with Crippen LogP contribution in [0.2, 0.25) is 5.02 Å². The van der Waals surface area contributed by atoms with Crippen molar-refractivity contribution >= 4 is 67.5 Å². The summed E-state index contributed by atoms with van der Waals surface area (Å²) in [5.74, 6) is -0.522. The molecule has 0 bridgehead atoms. The van der Waals surface area contributed by atoms with Crippen molar-refractivity contribution < 1.29 is 19.2 Å². The standard InChI is InChI=1S/C19H15Cl2N3O6S/c1-9-14-17(25)22-16(23-18(14)31-15(9)19(26)30-6-5-29-2)12(21)7-10-3-4-11(20)13(8-10)24(27)28/h3-4,7-8H,5-6H2,1-2H3,(H,22,23,25)/b12-7-. The number of thiophene rings is 1. The molecular weight excluding hydrogens is 469 g/mol. The number of nitrogens with zero attached hydrogens (tertiary/aromatic N) is 2. The second kappa shape index (κ2) is 9.56. The summed E-state index contributed by atoms with van der Waals surface area (Å²) in [5, 5.41) is 11.4.